The number of hydrogen-bond donors (Lipinski definition) is 2. The van der Waals surface area contributed by atoms with Gasteiger partial charge < -0.3 is 10.4 Å². The van der Waals surface area contributed by atoms with Gasteiger partial charge >= 0.3 is 0 Å². The first kappa shape index (κ1) is 16.6. The number of hydrogen-bond acceptors (Lipinski definition) is 3. The number of halogens is 2. The third-order valence-electron chi connectivity index (χ3n) is 3.83. The zero-order chi connectivity index (χ0) is 16.3. The van der Waals surface area contributed by atoms with Crippen molar-refractivity contribution < 1.29 is 13.9 Å². The van der Waals surface area contributed by atoms with Crippen molar-refractivity contribution in [2.45, 2.75) is 39.0 Å². The van der Waals surface area contributed by atoms with Crippen LogP contribution < -0.4 is 5.32 Å². The summed E-state index contributed by atoms with van der Waals surface area (Å²) in [5.41, 5.74) is 1.16. The van der Waals surface area contributed by atoms with Crippen molar-refractivity contribution >= 4 is 0 Å². The van der Waals surface area contributed by atoms with Gasteiger partial charge in [-0.3, -0.25) is 4.68 Å². The van der Waals surface area contributed by atoms with Crippen molar-refractivity contribution in [3.63, 3.8) is 0 Å². The van der Waals surface area contributed by atoms with E-state index in [1.807, 2.05) is 31.6 Å². The van der Waals surface area contributed by atoms with Gasteiger partial charge in [0.25, 0.3) is 0 Å². The topological polar surface area (TPSA) is 50.1 Å². The van der Waals surface area contributed by atoms with E-state index >= 15 is 0 Å². The van der Waals surface area contributed by atoms with Crippen LogP contribution in [-0.2, 0) is 0 Å². The second-order valence-electron chi connectivity index (χ2n) is 5.62. The Hall–Kier alpha value is -1.79. The number of aliphatic hydroxyl groups is 1. The summed E-state index contributed by atoms with van der Waals surface area (Å²) >= 11 is 0. The van der Waals surface area contributed by atoms with Crippen LogP contribution in [0.4, 0.5) is 8.78 Å². The molecule has 6 heteroatoms. The predicted octanol–water partition coefficient (Wildman–Crippen LogP) is 2.74. The Labute approximate surface area is 128 Å². The van der Waals surface area contributed by atoms with Crippen molar-refractivity contribution in [1.29, 1.82) is 0 Å². The van der Waals surface area contributed by atoms with E-state index in [0.29, 0.717) is 0 Å². The summed E-state index contributed by atoms with van der Waals surface area (Å²) in [6, 6.07) is 3.29. The molecule has 0 spiro atoms. The van der Waals surface area contributed by atoms with Crippen molar-refractivity contribution in [3.8, 4) is 0 Å². The molecule has 0 bridgehead atoms. The number of aliphatic hydroxyl groups excluding tert-OH is 1. The van der Waals surface area contributed by atoms with Crippen LogP contribution in [0.2, 0.25) is 0 Å². The molecule has 0 amide bonds. The second-order valence-corrected chi connectivity index (χ2v) is 5.62. The van der Waals surface area contributed by atoms with E-state index in [1.165, 1.54) is 6.07 Å². The number of benzene rings is 1. The van der Waals surface area contributed by atoms with Gasteiger partial charge in [0.1, 0.15) is 11.6 Å². The van der Waals surface area contributed by atoms with Crippen molar-refractivity contribution in [2.24, 2.45) is 0 Å². The Kier molecular flexibility index (Phi) is 5.26. The van der Waals surface area contributed by atoms with Crippen LogP contribution >= 0.6 is 0 Å². The molecule has 0 fully saturated rings. The molecule has 0 aliphatic rings. The minimum atomic E-state index is -1.03. The molecule has 2 aromatic rings. The molecule has 1 aromatic heterocycles. The Morgan fingerprint density at radius 1 is 1.32 bits per heavy atom. The van der Waals surface area contributed by atoms with E-state index in [9.17, 15) is 13.9 Å². The second kappa shape index (κ2) is 6.98. The lowest BCUT2D eigenvalue weighted by molar-refractivity contribution is 0.161. The van der Waals surface area contributed by atoms with Crippen molar-refractivity contribution in [3.05, 3.63) is 53.4 Å². The quantitative estimate of drug-likeness (QED) is 0.862. The maximum Gasteiger partial charge on any atom is 0.131 e. The monoisotopic (exact) mass is 309 g/mol. The van der Waals surface area contributed by atoms with Gasteiger partial charge in [0.05, 0.1) is 18.3 Å². The fourth-order valence-corrected chi connectivity index (χ4v) is 2.23. The van der Waals surface area contributed by atoms with Gasteiger partial charge in [-0.05, 0) is 32.4 Å². The minimum absolute atomic E-state index is 0.0254. The fourth-order valence-electron chi connectivity index (χ4n) is 2.23. The van der Waals surface area contributed by atoms with Crippen LogP contribution in [0, 0.1) is 18.6 Å². The number of aromatic nitrogens is 2. The molecule has 3 atom stereocenters. The first-order valence-corrected chi connectivity index (χ1v) is 7.25. The maximum atomic E-state index is 13.6. The maximum absolute atomic E-state index is 13.6. The SMILES string of the molecule is Cc1cnn([C@H](C)[C@H](C)NC[C@@H](O)c2ccc(F)cc2F)c1. The third kappa shape index (κ3) is 3.90. The minimum Gasteiger partial charge on any atom is -0.387 e. The average Bonchev–Trinajstić information content (AvgIpc) is 2.90. The van der Waals surface area contributed by atoms with E-state index in [0.717, 1.165) is 17.7 Å². The zero-order valence-corrected chi connectivity index (χ0v) is 12.9. The van der Waals surface area contributed by atoms with E-state index in [1.54, 1.807) is 6.20 Å². The van der Waals surface area contributed by atoms with E-state index in [-0.39, 0.29) is 24.2 Å². The third-order valence-corrected chi connectivity index (χ3v) is 3.83. The highest BCUT2D eigenvalue weighted by molar-refractivity contribution is 5.21. The number of rotatable bonds is 6. The molecule has 0 aliphatic carbocycles. The highest BCUT2D eigenvalue weighted by atomic mass is 19.1. The summed E-state index contributed by atoms with van der Waals surface area (Å²) in [6.45, 7) is 6.12. The van der Waals surface area contributed by atoms with Gasteiger partial charge in [0.15, 0.2) is 0 Å². The molecule has 2 N–H and O–H groups in total. The Bertz CT molecular complexity index is 630. The van der Waals surface area contributed by atoms with Gasteiger partial charge in [-0.2, -0.15) is 5.10 Å². The van der Waals surface area contributed by atoms with Crippen LogP contribution in [0.1, 0.15) is 37.1 Å². The predicted molar refractivity (Wildman–Crippen MR) is 80.5 cm³/mol. The summed E-state index contributed by atoms with van der Waals surface area (Å²) in [5.74, 6) is -1.39. The summed E-state index contributed by atoms with van der Waals surface area (Å²) in [7, 11) is 0. The van der Waals surface area contributed by atoms with Gasteiger partial charge in [0, 0.05) is 30.4 Å². The molecule has 120 valence electrons. The van der Waals surface area contributed by atoms with Gasteiger partial charge in [0.2, 0.25) is 0 Å². The van der Waals surface area contributed by atoms with Crippen LogP contribution in [-0.4, -0.2) is 27.5 Å². The first-order chi connectivity index (χ1) is 10.4. The summed E-state index contributed by atoms with van der Waals surface area (Å²) < 4.78 is 28.3. The molecule has 0 radical (unpaired) electrons. The lowest BCUT2D eigenvalue weighted by atomic mass is 10.1. The van der Waals surface area contributed by atoms with Crippen molar-refractivity contribution in [1.82, 2.24) is 15.1 Å². The highest BCUT2D eigenvalue weighted by Gasteiger charge is 2.18. The average molecular weight is 309 g/mol. The van der Waals surface area contributed by atoms with E-state index < -0.39 is 17.7 Å². The molecule has 4 nitrogen and oxygen atoms in total. The molecule has 0 saturated carbocycles. The molecular weight excluding hydrogens is 288 g/mol. The normalized spacial score (nSPS) is 15.5. The largest absolute Gasteiger partial charge is 0.387 e. The molecule has 0 aliphatic heterocycles. The number of aryl methyl sites for hydroxylation is 1. The highest BCUT2D eigenvalue weighted by Crippen LogP contribution is 2.18. The molecule has 1 heterocycles. The molecule has 22 heavy (non-hydrogen) atoms. The van der Waals surface area contributed by atoms with Crippen LogP contribution in [0.15, 0.2) is 30.6 Å². The summed E-state index contributed by atoms with van der Waals surface area (Å²) in [4.78, 5) is 0. The van der Waals surface area contributed by atoms with Crippen LogP contribution in [0.3, 0.4) is 0 Å². The Morgan fingerprint density at radius 3 is 2.64 bits per heavy atom. The number of nitrogens with one attached hydrogen (secondary N) is 1. The van der Waals surface area contributed by atoms with Crippen LogP contribution in [0.25, 0.3) is 0 Å². The zero-order valence-electron chi connectivity index (χ0n) is 12.9. The first-order valence-electron chi connectivity index (χ1n) is 7.25. The molecular formula is C16H21F2N3O. The van der Waals surface area contributed by atoms with Gasteiger partial charge in [-0.15, -0.1) is 0 Å². The van der Waals surface area contributed by atoms with Crippen molar-refractivity contribution in [2.75, 3.05) is 6.54 Å². The molecule has 1 aromatic carbocycles. The van der Waals surface area contributed by atoms with Gasteiger partial charge in [-0.1, -0.05) is 6.07 Å². The standard InChI is InChI=1S/C16H21F2N3O/c1-10-7-20-21(9-10)12(3)11(2)19-8-16(22)14-5-4-13(17)6-15(14)18/h4-7,9,11-12,16,19,22H,8H2,1-3H3/t11-,12+,16+/m0/s1. The summed E-state index contributed by atoms with van der Waals surface area (Å²) in [6.07, 6.45) is 2.69. The summed E-state index contributed by atoms with van der Waals surface area (Å²) in [5, 5.41) is 17.5. The lowest BCUT2D eigenvalue weighted by Crippen LogP contribution is -2.36. The molecule has 0 saturated heterocycles. The van der Waals surface area contributed by atoms with E-state index in [4.69, 9.17) is 0 Å². The van der Waals surface area contributed by atoms with Crippen LogP contribution in [0.5, 0.6) is 0 Å². The number of nitrogens with zero attached hydrogens (tertiary/aromatic N) is 2. The van der Waals surface area contributed by atoms with E-state index in [2.05, 4.69) is 10.4 Å². The Balaban J connectivity index is 1.94. The molecule has 0 unspecified atom stereocenters. The molecule has 2 rings (SSSR count). The van der Waals surface area contributed by atoms with Gasteiger partial charge in [-0.25, -0.2) is 8.78 Å². The smallest absolute Gasteiger partial charge is 0.131 e. The Morgan fingerprint density at radius 2 is 2.05 bits per heavy atom. The lowest BCUT2D eigenvalue weighted by Gasteiger charge is -2.23. The fraction of sp³-hybridized carbons (Fsp3) is 0.438.